The van der Waals surface area contributed by atoms with Crippen molar-refractivity contribution in [3.8, 4) is 0 Å². The second-order valence-corrected chi connectivity index (χ2v) is 3.31. The average molecular weight is 125 g/mol. The lowest BCUT2D eigenvalue weighted by Crippen LogP contribution is -2.28. The van der Waals surface area contributed by atoms with Crippen molar-refractivity contribution < 1.29 is 4.79 Å². The molecule has 0 bridgehead atoms. The first-order valence-electron chi connectivity index (χ1n) is 3.54. The maximum atomic E-state index is 10.7. The van der Waals surface area contributed by atoms with Gasteiger partial charge in [-0.15, -0.1) is 0 Å². The normalized spacial score (nSPS) is 47.7. The van der Waals surface area contributed by atoms with Gasteiger partial charge in [0.05, 0.1) is 0 Å². The Labute approximate surface area is 54.6 Å². The molecule has 1 heterocycles. The third-order valence-electron chi connectivity index (χ3n) is 2.64. The molecule has 2 unspecified atom stereocenters. The molecule has 0 radical (unpaired) electrons. The smallest absolute Gasteiger partial charge is 0.220 e. The van der Waals surface area contributed by atoms with Gasteiger partial charge >= 0.3 is 0 Å². The van der Waals surface area contributed by atoms with E-state index in [0.717, 1.165) is 18.8 Å². The van der Waals surface area contributed by atoms with E-state index in [1.807, 2.05) is 0 Å². The van der Waals surface area contributed by atoms with Gasteiger partial charge < -0.3 is 5.32 Å². The number of amides is 1. The number of rotatable bonds is 0. The van der Waals surface area contributed by atoms with Crippen LogP contribution in [0.1, 0.15) is 26.2 Å². The fraction of sp³-hybridized carbons (Fsp3) is 0.857. The summed E-state index contributed by atoms with van der Waals surface area (Å²) in [5, 5.41) is 3.02. The standard InChI is InChI=1S/C7H11NO/c1-5-4-7(5)3-2-6(9)8-7/h5H,2-4H2,1H3,(H,8,9). The lowest BCUT2D eigenvalue weighted by molar-refractivity contribution is -0.119. The van der Waals surface area contributed by atoms with Crippen molar-refractivity contribution in [3.05, 3.63) is 0 Å². The predicted molar refractivity (Wildman–Crippen MR) is 33.9 cm³/mol. The summed E-state index contributed by atoms with van der Waals surface area (Å²) in [4.78, 5) is 10.7. The van der Waals surface area contributed by atoms with Gasteiger partial charge in [-0.3, -0.25) is 4.79 Å². The van der Waals surface area contributed by atoms with Crippen LogP contribution in [0, 0.1) is 5.92 Å². The van der Waals surface area contributed by atoms with Gasteiger partial charge in [0.25, 0.3) is 0 Å². The number of carbonyl (C=O) groups is 1. The van der Waals surface area contributed by atoms with Gasteiger partial charge in [-0.05, 0) is 18.8 Å². The van der Waals surface area contributed by atoms with Crippen molar-refractivity contribution in [1.82, 2.24) is 5.32 Å². The van der Waals surface area contributed by atoms with E-state index in [9.17, 15) is 4.79 Å². The summed E-state index contributed by atoms with van der Waals surface area (Å²) in [6, 6.07) is 0. The molecule has 9 heavy (non-hydrogen) atoms. The zero-order valence-electron chi connectivity index (χ0n) is 5.61. The summed E-state index contributed by atoms with van der Waals surface area (Å²) in [6.07, 6.45) is 3.04. The topological polar surface area (TPSA) is 29.1 Å². The van der Waals surface area contributed by atoms with Crippen LogP contribution < -0.4 is 5.32 Å². The van der Waals surface area contributed by atoms with Gasteiger partial charge in [-0.25, -0.2) is 0 Å². The Balaban J connectivity index is 2.11. The van der Waals surface area contributed by atoms with Crippen LogP contribution in [0.4, 0.5) is 0 Å². The molecule has 1 saturated heterocycles. The van der Waals surface area contributed by atoms with Crippen LogP contribution in [0.25, 0.3) is 0 Å². The van der Waals surface area contributed by atoms with E-state index in [4.69, 9.17) is 0 Å². The molecular formula is C7H11NO. The highest BCUT2D eigenvalue weighted by molar-refractivity contribution is 5.80. The number of hydrogen-bond donors (Lipinski definition) is 1. The van der Waals surface area contributed by atoms with Gasteiger partial charge in [0, 0.05) is 12.0 Å². The molecule has 2 rings (SSSR count). The summed E-state index contributed by atoms with van der Waals surface area (Å²) in [5.41, 5.74) is 0.275. The maximum Gasteiger partial charge on any atom is 0.220 e. The van der Waals surface area contributed by atoms with Crippen molar-refractivity contribution >= 4 is 5.91 Å². The Hall–Kier alpha value is -0.530. The monoisotopic (exact) mass is 125 g/mol. The molecule has 1 amide bonds. The minimum Gasteiger partial charge on any atom is -0.350 e. The van der Waals surface area contributed by atoms with Crippen LogP contribution in [-0.4, -0.2) is 11.4 Å². The van der Waals surface area contributed by atoms with E-state index in [1.54, 1.807) is 0 Å². The molecule has 1 aliphatic heterocycles. The third kappa shape index (κ3) is 0.590. The fourth-order valence-electron chi connectivity index (χ4n) is 1.75. The molecule has 2 fully saturated rings. The van der Waals surface area contributed by atoms with E-state index in [2.05, 4.69) is 12.2 Å². The summed E-state index contributed by atoms with van der Waals surface area (Å²) < 4.78 is 0. The summed E-state index contributed by atoms with van der Waals surface area (Å²) in [6.45, 7) is 2.20. The first kappa shape index (κ1) is 5.27. The lowest BCUT2D eigenvalue weighted by Gasteiger charge is -2.04. The van der Waals surface area contributed by atoms with Crippen molar-refractivity contribution in [1.29, 1.82) is 0 Å². The van der Waals surface area contributed by atoms with Crippen molar-refractivity contribution in [2.75, 3.05) is 0 Å². The maximum absolute atomic E-state index is 10.7. The number of nitrogens with one attached hydrogen (secondary N) is 1. The van der Waals surface area contributed by atoms with Gasteiger partial charge in [0.1, 0.15) is 0 Å². The molecule has 2 atom stereocenters. The second-order valence-electron chi connectivity index (χ2n) is 3.31. The van der Waals surface area contributed by atoms with E-state index in [-0.39, 0.29) is 11.4 Å². The van der Waals surface area contributed by atoms with Crippen LogP contribution in [0.3, 0.4) is 0 Å². The number of carbonyl (C=O) groups excluding carboxylic acids is 1. The third-order valence-corrected chi connectivity index (χ3v) is 2.64. The highest BCUT2D eigenvalue weighted by Crippen LogP contribution is 2.48. The van der Waals surface area contributed by atoms with E-state index < -0.39 is 0 Å². The number of hydrogen-bond acceptors (Lipinski definition) is 1. The van der Waals surface area contributed by atoms with Crippen LogP contribution in [0.2, 0.25) is 0 Å². The SMILES string of the molecule is CC1CC12CCC(=O)N2. The molecular weight excluding hydrogens is 114 g/mol. The Bertz CT molecular complexity index is 166. The molecule has 1 spiro atoms. The summed E-state index contributed by atoms with van der Waals surface area (Å²) in [5.74, 6) is 0.989. The molecule has 1 N–H and O–H groups in total. The largest absolute Gasteiger partial charge is 0.350 e. The van der Waals surface area contributed by atoms with Gasteiger partial charge in [0.15, 0.2) is 0 Å². The molecule has 2 heteroatoms. The Morgan fingerprint density at radius 1 is 1.78 bits per heavy atom. The molecule has 1 saturated carbocycles. The molecule has 1 aliphatic carbocycles. The molecule has 50 valence electrons. The molecule has 0 aromatic carbocycles. The van der Waals surface area contributed by atoms with Crippen molar-refractivity contribution in [3.63, 3.8) is 0 Å². The van der Waals surface area contributed by atoms with E-state index in [0.29, 0.717) is 0 Å². The lowest BCUT2D eigenvalue weighted by atomic mass is 10.2. The van der Waals surface area contributed by atoms with Gasteiger partial charge in [-0.1, -0.05) is 6.92 Å². The van der Waals surface area contributed by atoms with Crippen LogP contribution >= 0.6 is 0 Å². The minimum absolute atomic E-state index is 0.249. The van der Waals surface area contributed by atoms with Gasteiger partial charge in [0.2, 0.25) is 5.91 Å². The highest BCUT2D eigenvalue weighted by atomic mass is 16.2. The first-order valence-corrected chi connectivity index (χ1v) is 3.54. The zero-order valence-corrected chi connectivity index (χ0v) is 5.61. The van der Waals surface area contributed by atoms with Crippen molar-refractivity contribution in [2.45, 2.75) is 31.7 Å². The zero-order chi connectivity index (χ0) is 6.48. The predicted octanol–water partition coefficient (Wildman–Crippen LogP) is 0.675. The van der Waals surface area contributed by atoms with E-state index in [1.165, 1.54) is 6.42 Å². The molecule has 2 aliphatic rings. The second kappa shape index (κ2) is 1.31. The summed E-state index contributed by atoms with van der Waals surface area (Å²) in [7, 11) is 0. The van der Waals surface area contributed by atoms with Crippen LogP contribution in [0.15, 0.2) is 0 Å². The molecule has 0 aromatic heterocycles. The van der Waals surface area contributed by atoms with Crippen LogP contribution in [0.5, 0.6) is 0 Å². The minimum atomic E-state index is 0.249. The van der Waals surface area contributed by atoms with Crippen LogP contribution in [-0.2, 0) is 4.79 Å². The quantitative estimate of drug-likeness (QED) is 0.506. The Morgan fingerprint density at radius 2 is 2.44 bits per heavy atom. The van der Waals surface area contributed by atoms with Gasteiger partial charge in [-0.2, -0.15) is 0 Å². The fourth-order valence-corrected chi connectivity index (χ4v) is 1.75. The van der Waals surface area contributed by atoms with Crippen molar-refractivity contribution in [2.24, 2.45) is 5.92 Å². The first-order chi connectivity index (χ1) is 4.23. The highest BCUT2D eigenvalue weighted by Gasteiger charge is 2.54. The summed E-state index contributed by atoms with van der Waals surface area (Å²) >= 11 is 0. The Morgan fingerprint density at radius 3 is 2.67 bits per heavy atom. The molecule has 2 nitrogen and oxygen atoms in total. The average Bonchev–Trinajstić information content (AvgIpc) is 2.17. The Kier molecular flexibility index (Phi) is 0.765. The molecule has 0 aromatic rings. The van der Waals surface area contributed by atoms with E-state index >= 15 is 0 Å².